The van der Waals surface area contributed by atoms with Gasteiger partial charge in [0.2, 0.25) is 0 Å². The lowest BCUT2D eigenvalue weighted by molar-refractivity contribution is 1.30. The Balaban J connectivity index is 0.000000640. The van der Waals surface area contributed by atoms with E-state index in [1.165, 1.54) is 0 Å². The quantitative estimate of drug-likeness (QED) is 0.518. The van der Waals surface area contributed by atoms with Gasteiger partial charge in [-0.3, -0.25) is 0 Å². The maximum absolute atomic E-state index is 5.37. The van der Waals surface area contributed by atoms with Crippen molar-refractivity contribution < 1.29 is 1.43 Å². The van der Waals surface area contributed by atoms with E-state index < -0.39 is 0 Å². The number of hydrogen-bond acceptors (Lipinski definition) is 2. The minimum atomic E-state index is 0. The zero-order valence-electron chi connectivity index (χ0n) is 5.22. The van der Waals surface area contributed by atoms with Gasteiger partial charge >= 0.3 is 1.43 Å². The average molecular weight is 127 g/mol. The van der Waals surface area contributed by atoms with Gasteiger partial charge in [-0.1, -0.05) is 12.2 Å². The molecule has 0 fully saturated rings. The molecule has 1 aromatic heterocycles. The molecule has 0 atom stereocenters. The molecule has 0 aromatic carbocycles. The lowest BCUT2D eigenvalue weighted by Gasteiger charge is -1.86. The van der Waals surface area contributed by atoms with E-state index >= 15 is 0 Å². The van der Waals surface area contributed by atoms with Crippen LogP contribution in [0, 0.1) is 4.64 Å². The Morgan fingerprint density at radius 3 is 2.88 bits per heavy atom. The van der Waals surface area contributed by atoms with Crippen LogP contribution in [-0.4, -0.2) is 4.98 Å². The van der Waals surface area contributed by atoms with Crippen molar-refractivity contribution in [1.29, 1.82) is 0 Å². The van der Waals surface area contributed by atoms with Crippen LogP contribution in [0.3, 0.4) is 0 Å². The van der Waals surface area contributed by atoms with E-state index in [1.807, 2.05) is 0 Å². The van der Waals surface area contributed by atoms with Crippen molar-refractivity contribution in [2.24, 2.45) is 0 Å². The molecule has 1 aromatic rings. The number of nitrogens with one attached hydrogen (secondary N) is 1. The predicted octanol–water partition coefficient (Wildman–Crippen LogP) is 1.44. The van der Waals surface area contributed by atoms with Crippen LogP contribution < -0.4 is 5.73 Å². The number of pyridine rings is 1. The van der Waals surface area contributed by atoms with Gasteiger partial charge < -0.3 is 10.7 Å². The molecule has 3 N–H and O–H groups in total. The summed E-state index contributed by atoms with van der Waals surface area (Å²) in [6, 6.07) is 3.46. The number of nitrogen functional groups attached to an aromatic ring is 1. The Hall–Kier alpha value is -0.830. The number of aromatic amines is 1. The topological polar surface area (TPSA) is 41.8 Å². The average Bonchev–Trinajstić information content (AvgIpc) is 1.64. The molecule has 0 amide bonds. The lowest BCUT2D eigenvalue weighted by Crippen LogP contribution is -1.83. The molecule has 0 saturated heterocycles. The third kappa shape index (κ3) is 1.07. The first kappa shape index (κ1) is 5.31. The van der Waals surface area contributed by atoms with Gasteiger partial charge in [-0.15, -0.1) is 0 Å². The van der Waals surface area contributed by atoms with Crippen LogP contribution in [0.15, 0.2) is 18.3 Å². The summed E-state index contributed by atoms with van der Waals surface area (Å²) >= 11 is 4.76. The molecule has 0 saturated carbocycles. The Kier molecular flexibility index (Phi) is 1.30. The number of rotatable bonds is 0. The largest absolute Gasteiger partial charge is 1.00 e. The summed E-state index contributed by atoms with van der Waals surface area (Å²) < 4.78 is 0.671. The Labute approximate surface area is 53.8 Å². The number of H-pyrrole nitrogens is 1. The monoisotopic (exact) mass is 127 g/mol. The van der Waals surface area contributed by atoms with E-state index in [1.54, 1.807) is 18.3 Å². The van der Waals surface area contributed by atoms with E-state index in [-0.39, 0.29) is 1.43 Å². The van der Waals surface area contributed by atoms with Gasteiger partial charge in [-0.25, -0.2) is 0 Å². The first-order valence-electron chi connectivity index (χ1n) is 2.23. The molecule has 1 rings (SSSR count). The second-order valence-electron chi connectivity index (χ2n) is 1.49. The van der Waals surface area contributed by atoms with Crippen LogP contribution in [0.5, 0.6) is 0 Å². The Morgan fingerprint density at radius 2 is 2.50 bits per heavy atom. The minimum Gasteiger partial charge on any atom is -0.399 e. The normalized spacial score (nSPS) is 9.00. The second-order valence-corrected chi connectivity index (χ2v) is 1.93. The number of hydrogen-bond donors (Lipinski definition) is 2. The molecule has 0 bridgehead atoms. The fraction of sp³-hybridized carbons (Fsp3) is 0. The Morgan fingerprint density at radius 1 is 1.75 bits per heavy atom. The maximum atomic E-state index is 5.37. The summed E-state index contributed by atoms with van der Waals surface area (Å²) in [5.74, 6) is 0. The summed E-state index contributed by atoms with van der Waals surface area (Å²) in [5, 5.41) is 0. The predicted molar refractivity (Wildman–Crippen MR) is 37.2 cm³/mol. The van der Waals surface area contributed by atoms with Gasteiger partial charge in [0.1, 0.15) is 4.64 Å². The molecule has 0 radical (unpaired) electrons. The molecule has 2 nitrogen and oxygen atoms in total. The fourth-order valence-corrected chi connectivity index (χ4v) is 0.665. The van der Waals surface area contributed by atoms with Gasteiger partial charge in [-0.2, -0.15) is 0 Å². The molecule has 0 aliphatic heterocycles. The number of nitrogens with two attached hydrogens (primary N) is 1. The molecule has 1 heterocycles. The molecule has 0 unspecified atom stereocenters. The molecule has 8 heavy (non-hydrogen) atoms. The van der Waals surface area contributed by atoms with E-state index in [0.717, 1.165) is 0 Å². The summed E-state index contributed by atoms with van der Waals surface area (Å²) in [7, 11) is 0. The van der Waals surface area contributed by atoms with Crippen molar-refractivity contribution in [3.63, 3.8) is 0 Å². The van der Waals surface area contributed by atoms with E-state index in [0.29, 0.717) is 10.3 Å². The van der Waals surface area contributed by atoms with Crippen molar-refractivity contribution >= 4 is 17.9 Å². The maximum Gasteiger partial charge on any atom is 1.00 e. The number of anilines is 1. The highest BCUT2D eigenvalue weighted by molar-refractivity contribution is 7.71. The molecule has 42 valence electrons. The van der Waals surface area contributed by atoms with Crippen molar-refractivity contribution in [1.82, 2.24) is 4.98 Å². The van der Waals surface area contributed by atoms with E-state index in [4.69, 9.17) is 18.0 Å². The SMILES string of the molecule is Nc1cc[nH]c(=S)c1.[H+]. The fourth-order valence-electron chi connectivity index (χ4n) is 0.461. The highest BCUT2D eigenvalue weighted by Gasteiger charge is 1.77. The standard InChI is InChI=1S/C5H6N2S/c6-4-1-2-7-5(8)3-4/h1-3H,(H3,6,7,8)/p+1. The van der Waals surface area contributed by atoms with Crippen molar-refractivity contribution in [3.8, 4) is 0 Å². The van der Waals surface area contributed by atoms with Crippen molar-refractivity contribution in [3.05, 3.63) is 23.0 Å². The third-order valence-corrected chi connectivity index (χ3v) is 1.03. The number of aromatic nitrogens is 1. The molecule has 0 spiro atoms. The molecule has 0 aliphatic carbocycles. The molecule has 0 aliphatic rings. The summed E-state index contributed by atoms with van der Waals surface area (Å²) in [6.07, 6.45) is 1.72. The molecule has 3 heteroatoms. The van der Waals surface area contributed by atoms with Crippen LogP contribution in [0.4, 0.5) is 5.69 Å². The molecular formula is C5H7N2S+. The van der Waals surface area contributed by atoms with E-state index in [9.17, 15) is 0 Å². The van der Waals surface area contributed by atoms with Crippen LogP contribution >= 0.6 is 12.2 Å². The molecular weight excluding hydrogens is 120 g/mol. The third-order valence-electron chi connectivity index (χ3n) is 0.799. The van der Waals surface area contributed by atoms with Crippen LogP contribution in [0.25, 0.3) is 0 Å². The van der Waals surface area contributed by atoms with Crippen LogP contribution in [0.1, 0.15) is 1.43 Å². The lowest BCUT2D eigenvalue weighted by atomic mass is 10.4. The highest BCUT2D eigenvalue weighted by Crippen LogP contribution is 1.96. The van der Waals surface area contributed by atoms with Gasteiger partial charge in [0, 0.05) is 11.9 Å². The van der Waals surface area contributed by atoms with Crippen LogP contribution in [0.2, 0.25) is 0 Å². The summed E-state index contributed by atoms with van der Waals surface area (Å²) in [6.45, 7) is 0. The van der Waals surface area contributed by atoms with Gasteiger partial charge in [0.25, 0.3) is 0 Å². The van der Waals surface area contributed by atoms with Gasteiger partial charge in [0.15, 0.2) is 0 Å². The first-order chi connectivity index (χ1) is 3.79. The second kappa shape index (κ2) is 1.96. The van der Waals surface area contributed by atoms with Crippen molar-refractivity contribution in [2.75, 3.05) is 5.73 Å². The minimum absolute atomic E-state index is 0. The zero-order chi connectivity index (χ0) is 5.98. The van der Waals surface area contributed by atoms with E-state index in [2.05, 4.69) is 4.98 Å². The Bertz CT molecular complexity index is 232. The highest BCUT2D eigenvalue weighted by atomic mass is 32.1. The van der Waals surface area contributed by atoms with Crippen molar-refractivity contribution in [2.45, 2.75) is 0 Å². The summed E-state index contributed by atoms with van der Waals surface area (Å²) in [5.41, 5.74) is 6.07. The van der Waals surface area contributed by atoms with Gasteiger partial charge in [-0.05, 0) is 12.1 Å². The van der Waals surface area contributed by atoms with Crippen LogP contribution in [-0.2, 0) is 0 Å². The summed E-state index contributed by atoms with van der Waals surface area (Å²) in [4.78, 5) is 2.81. The smallest absolute Gasteiger partial charge is 0.399 e. The first-order valence-corrected chi connectivity index (χ1v) is 2.64. The van der Waals surface area contributed by atoms with Gasteiger partial charge in [0.05, 0.1) is 0 Å². The zero-order valence-corrected chi connectivity index (χ0v) is 5.03.